The third-order valence-corrected chi connectivity index (χ3v) is 3.40. The molecule has 0 spiro atoms. The number of hydrogen-bond acceptors (Lipinski definition) is 3. The molecular formula is C12H16O2S. The highest BCUT2D eigenvalue weighted by atomic mass is 32.2. The maximum Gasteiger partial charge on any atom is 0.153 e. The van der Waals surface area contributed by atoms with Gasteiger partial charge in [-0.25, -0.2) is 0 Å². The lowest BCUT2D eigenvalue weighted by Gasteiger charge is -2.17. The van der Waals surface area contributed by atoms with Gasteiger partial charge >= 0.3 is 0 Å². The predicted molar refractivity (Wildman–Crippen MR) is 62.4 cm³/mol. The molecule has 0 bridgehead atoms. The molecule has 15 heavy (non-hydrogen) atoms. The Kier molecular flexibility index (Phi) is 2.69. The smallest absolute Gasteiger partial charge is 0.153 e. The number of hydrogen-bond donors (Lipinski definition) is 1. The standard InChI is InChI=1S/C12H16O2S/c1-8(13)7-9-5-4-6-10-11(9)14-12(2,3)15-10/h4-6,8,13H,7H2,1-3H3. The fourth-order valence-corrected chi connectivity index (χ4v) is 2.83. The molecule has 82 valence electrons. The Bertz CT molecular complexity index is 372. The second-order valence-corrected chi connectivity index (χ2v) is 6.03. The van der Waals surface area contributed by atoms with Crippen molar-refractivity contribution in [2.45, 2.75) is 43.1 Å². The number of aliphatic hydroxyl groups is 1. The Morgan fingerprint density at radius 3 is 2.87 bits per heavy atom. The first-order chi connectivity index (χ1) is 6.98. The minimum atomic E-state index is -0.325. The summed E-state index contributed by atoms with van der Waals surface area (Å²) in [6, 6.07) is 6.11. The highest BCUT2D eigenvalue weighted by Crippen LogP contribution is 2.48. The Hall–Kier alpha value is -0.670. The largest absolute Gasteiger partial charge is 0.475 e. The van der Waals surface area contributed by atoms with Gasteiger partial charge in [0.15, 0.2) is 4.93 Å². The Morgan fingerprint density at radius 2 is 2.20 bits per heavy atom. The Labute approximate surface area is 94.6 Å². The zero-order chi connectivity index (χ0) is 11.1. The van der Waals surface area contributed by atoms with Crippen LogP contribution in [-0.4, -0.2) is 16.1 Å². The van der Waals surface area contributed by atoms with Gasteiger partial charge in [0.05, 0.1) is 11.0 Å². The number of thioether (sulfide) groups is 1. The van der Waals surface area contributed by atoms with E-state index in [4.69, 9.17) is 4.74 Å². The molecule has 0 aromatic heterocycles. The molecule has 1 aliphatic heterocycles. The molecule has 1 unspecified atom stereocenters. The second kappa shape index (κ2) is 3.72. The molecule has 1 heterocycles. The van der Waals surface area contributed by atoms with Gasteiger partial charge in [0.25, 0.3) is 0 Å². The first-order valence-corrected chi connectivity index (χ1v) is 5.97. The number of fused-ring (bicyclic) bond motifs is 1. The van der Waals surface area contributed by atoms with Gasteiger partial charge < -0.3 is 9.84 Å². The molecule has 0 saturated heterocycles. The zero-order valence-electron chi connectivity index (χ0n) is 9.28. The van der Waals surface area contributed by atoms with E-state index in [-0.39, 0.29) is 11.0 Å². The average molecular weight is 224 g/mol. The highest BCUT2D eigenvalue weighted by Gasteiger charge is 2.32. The summed E-state index contributed by atoms with van der Waals surface area (Å²) in [7, 11) is 0. The van der Waals surface area contributed by atoms with Crippen LogP contribution in [0.15, 0.2) is 23.1 Å². The summed E-state index contributed by atoms with van der Waals surface area (Å²) in [6.45, 7) is 5.92. The second-order valence-electron chi connectivity index (χ2n) is 4.40. The van der Waals surface area contributed by atoms with Crippen LogP contribution in [0.3, 0.4) is 0 Å². The maximum absolute atomic E-state index is 9.40. The number of benzene rings is 1. The molecular weight excluding hydrogens is 208 g/mol. The fraction of sp³-hybridized carbons (Fsp3) is 0.500. The lowest BCUT2D eigenvalue weighted by Crippen LogP contribution is -2.19. The fourth-order valence-electron chi connectivity index (χ4n) is 1.77. The summed E-state index contributed by atoms with van der Waals surface area (Å²) in [4.78, 5) is 0.995. The molecule has 2 rings (SSSR count). The lowest BCUT2D eigenvalue weighted by atomic mass is 10.1. The van der Waals surface area contributed by atoms with Crippen LogP contribution in [0.2, 0.25) is 0 Å². The molecule has 0 amide bonds. The summed E-state index contributed by atoms with van der Waals surface area (Å²) in [5.74, 6) is 0.952. The van der Waals surface area contributed by atoms with Gasteiger partial charge in [-0.05, 0) is 32.4 Å². The maximum atomic E-state index is 9.40. The molecule has 0 aliphatic carbocycles. The Balaban J connectivity index is 2.33. The number of aliphatic hydroxyl groups excluding tert-OH is 1. The molecule has 3 heteroatoms. The van der Waals surface area contributed by atoms with E-state index in [1.165, 1.54) is 4.90 Å². The summed E-state index contributed by atoms with van der Waals surface area (Å²) in [5, 5.41) is 9.40. The van der Waals surface area contributed by atoms with E-state index in [2.05, 4.69) is 19.9 Å². The van der Waals surface area contributed by atoms with E-state index < -0.39 is 0 Å². The molecule has 0 fully saturated rings. The van der Waals surface area contributed by atoms with Gasteiger partial charge in [0, 0.05) is 6.42 Å². The number of ether oxygens (including phenoxy) is 1. The van der Waals surface area contributed by atoms with Crippen molar-refractivity contribution in [3.05, 3.63) is 23.8 Å². The van der Waals surface area contributed by atoms with Crippen LogP contribution in [0.1, 0.15) is 26.3 Å². The van der Waals surface area contributed by atoms with Gasteiger partial charge in [-0.15, -0.1) is 0 Å². The van der Waals surface area contributed by atoms with Crippen molar-refractivity contribution in [2.24, 2.45) is 0 Å². The molecule has 1 N–H and O–H groups in total. The molecule has 0 saturated carbocycles. The number of para-hydroxylation sites is 1. The lowest BCUT2D eigenvalue weighted by molar-refractivity contribution is 0.186. The molecule has 2 nitrogen and oxygen atoms in total. The minimum Gasteiger partial charge on any atom is -0.475 e. The average Bonchev–Trinajstić information content (AvgIpc) is 2.39. The van der Waals surface area contributed by atoms with Crippen LogP contribution < -0.4 is 4.74 Å². The van der Waals surface area contributed by atoms with Crippen molar-refractivity contribution in [3.8, 4) is 5.75 Å². The van der Waals surface area contributed by atoms with Crippen molar-refractivity contribution in [2.75, 3.05) is 0 Å². The normalized spacial score (nSPS) is 19.5. The quantitative estimate of drug-likeness (QED) is 0.837. The van der Waals surface area contributed by atoms with Gasteiger partial charge in [-0.2, -0.15) is 0 Å². The SMILES string of the molecule is CC(O)Cc1cccc2c1OC(C)(C)S2. The third-order valence-electron chi connectivity index (χ3n) is 2.28. The van der Waals surface area contributed by atoms with Crippen molar-refractivity contribution >= 4 is 11.8 Å². The van der Waals surface area contributed by atoms with E-state index >= 15 is 0 Å². The van der Waals surface area contributed by atoms with E-state index in [0.29, 0.717) is 6.42 Å². The van der Waals surface area contributed by atoms with Crippen molar-refractivity contribution in [1.82, 2.24) is 0 Å². The van der Waals surface area contributed by atoms with Crippen LogP contribution in [-0.2, 0) is 6.42 Å². The summed E-state index contributed by atoms with van der Waals surface area (Å²) in [5.41, 5.74) is 1.10. The van der Waals surface area contributed by atoms with Gasteiger partial charge in [0.2, 0.25) is 0 Å². The molecule has 1 aromatic rings. The first kappa shape index (κ1) is 10.8. The molecule has 0 radical (unpaired) electrons. The molecule has 1 aliphatic rings. The van der Waals surface area contributed by atoms with E-state index in [0.717, 1.165) is 11.3 Å². The first-order valence-electron chi connectivity index (χ1n) is 5.16. The van der Waals surface area contributed by atoms with Gasteiger partial charge in [-0.3, -0.25) is 0 Å². The van der Waals surface area contributed by atoms with Crippen LogP contribution in [0.4, 0.5) is 0 Å². The van der Waals surface area contributed by atoms with Crippen molar-refractivity contribution in [1.29, 1.82) is 0 Å². The third kappa shape index (κ3) is 2.29. The predicted octanol–water partition coefficient (Wildman–Crippen LogP) is 2.83. The van der Waals surface area contributed by atoms with E-state index in [9.17, 15) is 5.11 Å². The minimum absolute atomic E-state index is 0.183. The van der Waals surface area contributed by atoms with Gasteiger partial charge in [-0.1, -0.05) is 23.9 Å². The van der Waals surface area contributed by atoms with E-state index in [1.807, 2.05) is 12.1 Å². The van der Waals surface area contributed by atoms with Crippen LogP contribution >= 0.6 is 11.8 Å². The van der Waals surface area contributed by atoms with Crippen LogP contribution in [0, 0.1) is 0 Å². The summed E-state index contributed by atoms with van der Waals surface area (Å²) < 4.78 is 5.88. The van der Waals surface area contributed by atoms with Crippen LogP contribution in [0.25, 0.3) is 0 Å². The summed E-state index contributed by atoms with van der Waals surface area (Å²) >= 11 is 1.73. The molecule has 1 atom stereocenters. The topological polar surface area (TPSA) is 29.5 Å². The van der Waals surface area contributed by atoms with Crippen molar-refractivity contribution < 1.29 is 9.84 Å². The van der Waals surface area contributed by atoms with Gasteiger partial charge in [0.1, 0.15) is 5.75 Å². The van der Waals surface area contributed by atoms with Crippen LogP contribution in [0.5, 0.6) is 5.75 Å². The zero-order valence-corrected chi connectivity index (χ0v) is 10.1. The monoisotopic (exact) mass is 224 g/mol. The highest BCUT2D eigenvalue weighted by molar-refractivity contribution is 8.00. The Morgan fingerprint density at radius 1 is 1.47 bits per heavy atom. The number of rotatable bonds is 2. The molecule has 1 aromatic carbocycles. The van der Waals surface area contributed by atoms with Crippen molar-refractivity contribution in [3.63, 3.8) is 0 Å². The summed E-state index contributed by atoms with van der Waals surface area (Å²) in [6.07, 6.45) is 0.327. The van der Waals surface area contributed by atoms with E-state index in [1.54, 1.807) is 18.7 Å².